The van der Waals surface area contributed by atoms with E-state index >= 15 is 0 Å². The van der Waals surface area contributed by atoms with Crippen LogP contribution in [0.5, 0.6) is 0 Å². The van der Waals surface area contributed by atoms with E-state index in [0.717, 1.165) is 25.2 Å². The van der Waals surface area contributed by atoms with Gasteiger partial charge in [-0.25, -0.2) is 4.68 Å². The summed E-state index contributed by atoms with van der Waals surface area (Å²) >= 11 is 0. The minimum atomic E-state index is 0.916. The van der Waals surface area contributed by atoms with Crippen LogP contribution in [0.15, 0.2) is 73.1 Å². The van der Waals surface area contributed by atoms with E-state index in [0.29, 0.717) is 0 Å². The van der Waals surface area contributed by atoms with Crippen molar-refractivity contribution in [1.29, 1.82) is 0 Å². The van der Waals surface area contributed by atoms with Crippen LogP contribution < -0.4 is 0 Å². The molecule has 3 nitrogen and oxygen atoms in total. The minimum absolute atomic E-state index is 0.916. The summed E-state index contributed by atoms with van der Waals surface area (Å²) in [5.41, 5.74) is 3.72. The monoisotopic (exact) mass is 291 g/mol. The average molecular weight is 291 g/mol. The van der Waals surface area contributed by atoms with Gasteiger partial charge in [-0.05, 0) is 31.2 Å². The van der Waals surface area contributed by atoms with Gasteiger partial charge in [0.1, 0.15) is 0 Å². The fourth-order valence-electron chi connectivity index (χ4n) is 2.52. The Morgan fingerprint density at radius 2 is 1.59 bits per heavy atom. The second-order valence-corrected chi connectivity index (χ2v) is 5.60. The molecule has 0 bridgehead atoms. The Bertz CT molecular complexity index is 689. The zero-order valence-electron chi connectivity index (χ0n) is 12.9. The average Bonchev–Trinajstić information content (AvgIpc) is 3.03. The van der Waals surface area contributed by atoms with Crippen molar-refractivity contribution in [1.82, 2.24) is 14.7 Å². The summed E-state index contributed by atoms with van der Waals surface area (Å²) < 4.78 is 1.93. The topological polar surface area (TPSA) is 21.1 Å². The lowest BCUT2D eigenvalue weighted by molar-refractivity contribution is 0.331. The van der Waals surface area contributed by atoms with Gasteiger partial charge in [-0.3, -0.25) is 0 Å². The third-order valence-corrected chi connectivity index (χ3v) is 3.73. The van der Waals surface area contributed by atoms with E-state index in [1.54, 1.807) is 0 Å². The lowest BCUT2D eigenvalue weighted by Gasteiger charge is -2.15. The summed E-state index contributed by atoms with van der Waals surface area (Å²) in [5.74, 6) is 0. The largest absolute Gasteiger partial charge is 0.302 e. The third-order valence-electron chi connectivity index (χ3n) is 3.73. The van der Waals surface area contributed by atoms with E-state index in [-0.39, 0.29) is 0 Å². The Hall–Kier alpha value is -2.39. The van der Waals surface area contributed by atoms with E-state index in [1.165, 1.54) is 11.1 Å². The summed E-state index contributed by atoms with van der Waals surface area (Å²) in [6, 6.07) is 20.8. The number of nitrogens with zero attached hydrogens (tertiary/aromatic N) is 3. The first-order chi connectivity index (χ1) is 10.8. The normalized spacial score (nSPS) is 11.0. The molecule has 0 amide bonds. The highest BCUT2D eigenvalue weighted by atomic mass is 15.3. The highest BCUT2D eigenvalue weighted by Crippen LogP contribution is 2.09. The molecule has 3 heteroatoms. The first-order valence-corrected chi connectivity index (χ1v) is 7.63. The van der Waals surface area contributed by atoms with E-state index < -0.39 is 0 Å². The molecule has 0 spiro atoms. The molecule has 0 aliphatic heterocycles. The van der Waals surface area contributed by atoms with Crippen LogP contribution in [0.4, 0.5) is 0 Å². The zero-order valence-corrected chi connectivity index (χ0v) is 12.9. The van der Waals surface area contributed by atoms with Crippen molar-refractivity contribution < 1.29 is 0 Å². The molecule has 0 N–H and O–H groups in total. The first-order valence-electron chi connectivity index (χ1n) is 7.63. The van der Waals surface area contributed by atoms with Gasteiger partial charge in [0.2, 0.25) is 0 Å². The van der Waals surface area contributed by atoms with Crippen LogP contribution in [-0.2, 0) is 13.0 Å². The Labute approximate surface area is 131 Å². The number of likely N-dealkylation sites (N-methyl/N-ethyl adjacent to an activating group) is 1. The standard InChI is InChI=1S/C19H21N3/c1-21(13-12-17-8-4-2-5-9-17)15-18-14-20-22(16-18)19-10-6-3-7-11-19/h2-11,14,16H,12-13,15H2,1H3. The van der Waals surface area contributed by atoms with Crippen molar-refractivity contribution in [3.8, 4) is 5.69 Å². The lowest BCUT2D eigenvalue weighted by atomic mass is 10.1. The molecule has 0 aliphatic carbocycles. The molecule has 0 saturated heterocycles. The SMILES string of the molecule is CN(CCc1ccccc1)Cc1cnn(-c2ccccc2)c1. The quantitative estimate of drug-likeness (QED) is 0.692. The van der Waals surface area contributed by atoms with E-state index in [1.807, 2.05) is 29.1 Å². The Kier molecular flexibility index (Phi) is 4.66. The molecule has 22 heavy (non-hydrogen) atoms. The Morgan fingerprint density at radius 1 is 0.909 bits per heavy atom. The zero-order chi connectivity index (χ0) is 15.2. The van der Waals surface area contributed by atoms with Crippen molar-refractivity contribution in [2.75, 3.05) is 13.6 Å². The molecule has 0 fully saturated rings. The molecular formula is C19H21N3. The lowest BCUT2D eigenvalue weighted by Crippen LogP contribution is -2.20. The number of rotatable bonds is 6. The van der Waals surface area contributed by atoms with E-state index in [4.69, 9.17) is 0 Å². The molecule has 1 heterocycles. The fourth-order valence-corrected chi connectivity index (χ4v) is 2.52. The Balaban J connectivity index is 1.56. The summed E-state index contributed by atoms with van der Waals surface area (Å²) in [5, 5.41) is 4.45. The van der Waals surface area contributed by atoms with Crippen LogP contribution in [0.3, 0.4) is 0 Å². The van der Waals surface area contributed by atoms with Gasteiger partial charge in [-0.1, -0.05) is 48.5 Å². The van der Waals surface area contributed by atoms with Gasteiger partial charge in [0.25, 0.3) is 0 Å². The van der Waals surface area contributed by atoms with Crippen molar-refractivity contribution in [2.45, 2.75) is 13.0 Å². The summed E-state index contributed by atoms with van der Waals surface area (Å²) in [6.07, 6.45) is 5.13. The number of hydrogen-bond acceptors (Lipinski definition) is 2. The number of hydrogen-bond donors (Lipinski definition) is 0. The molecule has 3 aromatic rings. The maximum Gasteiger partial charge on any atom is 0.0645 e. The molecule has 0 aliphatic rings. The summed E-state index contributed by atoms with van der Waals surface area (Å²) in [4.78, 5) is 2.33. The van der Waals surface area contributed by atoms with Gasteiger partial charge >= 0.3 is 0 Å². The second-order valence-electron chi connectivity index (χ2n) is 5.60. The molecule has 0 unspecified atom stereocenters. The maximum absolute atomic E-state index is 4.45. The van der Waals surface area contributed by atoms with Crippen molar-refractivity contribution >= 4 is 0 Å². The Morgan fingerprint density at radius 3 is 2.32 bits per heavy atom. The van der Waals surface area contributed by atoms with E-state index in [2.05, 4.69) is 65.7 Å². The molecule has 112 valence electrons. The van der Waals surface area contributed by atoms with Gasteiger partial charge in [0, 0.05) is 24.8 Å². The number of para-hydroxylation sites is 1. The van der Waals surface area contributed by atoms with Gasteiger partial charge in [0.15, 0.2) is 0 Å². The molecular weight excluding hydrogens is 270 g/mol. The summed E-state index contributed by atoms with van der Waals surface area (Å²) in [6.45, 7) is 1.96. The van der Waals surface area contributed by atoms with Crippen LogP contribution in [-0.4, -0.2) is 28.3 Å². The maximum atomic E-state index is 4.45. The molecule has 0 atom stereocenters. The minimum Gasteiger partial charge on any atom is -0.302 e. The van der Waals surface area contributed by atoms with Gasteiger partial charge in [-0.15, -0.1) is 0 Å². The fraction of sp³-hybridized carbons (Fsp3) is 0.211. The first kappa shape index (κ1) is 14.5. The third kappa shape index (κ3) is 3.83. The van der Waals surface area contributed by atoms with Gasteiger partial charge in [0.05, 0.1) is 11.9 Å². The van der Waals surface area contributed by atoms with Crippen molar-refractivity contribution in [3.05, 3.63) is 84.2 Å². The molecule has 1 aromatic heterocycles. The molecule has 0 radical (unpaired) electrons. The van der Waals surface area contributed by atoms with Crippen molar-refractivity contribution in [3.63, 3.8) is 0 Å². The van der Waals surface area contributed by atoms with Crippen LogP contribution >= 0.6 is 0 Å². The van der Waals surface area contributed by atoms with Crippen LogP contribution in [0, 0.1) is 0 Å². The van der Waals surface area contributed by atoms with Crippen LogP contribution in [0.2, 0.25) is 0 Å². The number of benzene rings is 2. The smallest absolute Gasteiger partial charge is 0.0645 e. The highest BCUT2D eigenvalue weighted by Gasteiger charge is 2.04. The van der Waals surface area contributed by atoms with Crippen molar-refractivity contribution in [2.24, 2.45) is 0 Å². The summed E-state index contributed by atoms with van der Waals surface area (Å²) in [7, 11) is 2.16. The van der Waals surface area contributed by atoms with Gasteiger partial charge in [-0.2, -0.15) is 5.10 Å². The predicted octanol–water partition coefficient (Wildman–Crippen LogP) is 3.55. The molecule has 2 aromatic carbocycles. The van der Waals surface area contributed by atoms with Crippen LogP contribution in [0.25, 0.3) is 5.69 Å². The second kappa shape index (κ2) is 7.05. The molecule has 3 rings (SSSR count). The van der Waals surface area contributed by atoms with E-state index in [9.17, 15) is 0 Å². The van der Waals surface area contributed by atoms with Gasteiger partial charge < -0.3 is 4.90 Å². The number of aromatic nitrogens is 2. The predicted molar refractivity (Wildman–Crippen MR) is 90.0 cm³/mol. The molecule has 0 saturated carbocycles. The van der Waals surface area contributed by atoms with Crippen LogP contribution in [0.1, 0.15) is 11.1 Å². The highest BCUT2D eigenvalue weighted by molar-refractivity contribution is 5.30.